The third kappa shape index (κ3) is 5.28. The first-order valence-corrected chi connectivity index (χ1v) is 6.89. The molecule has 19 heavy (non-hydrogen) atoms. The van der Waals surface area contributed by atoms with E-state index in [9.17, 15) is 18.3 Å². The Hall–Kier alpha value is -0.330. The Labute approximate surface area is 112 Å². The molecule has 2 atom stereocenters. The molecule has 1 heterocycles. The van der Waals surface area contributed by atoms with Crippen LogP contribution in [0.2, 0.25) is 0 Å². The van der Waals surface area contributed by atoms with Crippen molar-refractivity contribution in [3.05, 3.63) is 0 Å². The van der Waals surface area contributed by atoms with Crippen molar-refractivity contribution < 1.29 is 23.0 Å². The highest BCUT2D eigenvalue weighted by Gasteiger charge is 2.50. The van der Waals surface area contributed by atoms with Gasteiger partial charge in [-0.25, -0.2) is 0 Å². The third-order valence-electron chi connectivity index (χ3n) is 3.47. The van der Waals surface area contributed by atoms with E-state index in [1.807, 2.05) is 6.92 Å². The molecule has 0 amide bonds. The Balaban J connectivity index is 2.45. The maximum atomic E-state index is 12.6. The van der Waals surface area contributed by atoms with Crippen LogP contribution in [0.25, 0.3) is 0 Å². The minimum Gasteiger partial charge on any atom is -0.380 e. The minimum atomic E-state index is -4.59. The van der Waals surface area contributed by atoms with Crippen LogP contribution in [0.4, 0.5) is 13.2 Å². The number of alkyl halides is 3. The number of rotatable bonds is 5. The van der Waals surface area contributed by atoms with Crippen LogP contribution < -0.4 is 0 Å². The Kier molecular flexibility index (Phi) is 6.08. The summed E-state index contributed by atoms with van der Waals surface area (Å²) in [5.41, 5.74) is -2.64. The molecular weight excluding hydrogens is 259 g/mol. The summed E-state index contributed by atoms with van der Waals surface area (Å²) < 4.78 is 43.5. The molecule has 0 aromatic carbocycles. The van der Waals surface area contributed by atoms with Crippen LogP contribution in [-0.4, -0.2) is 54.1 Å². The van der Waals surface area contributed by atoms with Crippen LogP contribution in [0.3, 0.4) is 0 Å². The normalized spacial score (nSPS) is 25.9. The lowest BCUT2D eigenvalue weighted by Crippen LogP contribution is -2.51. The summed E-state index contributed by atoms with van der Waals surface area (Å²) in [6.45, 7) is 4.33. The molecule has 1 N–H and O–H groups in total. The van der Waals surface area contributed by atoms with Gasteiger partial charge in [-0.05, 0) is 39.2 Å². The zero-order valence-corrected chi connectivity index (χ0v) is 11.7. The van der Waals surface area contributed by atoms with Crippen LogP contribution >= 0.6 is 0 Å². The summed E-state index contributed by atoms with van der Waals surface area (Å²) in [6.07, 6.45) is -1.08. The van der Waals surface area contributed by atoms with E-state index in [0.29, 0.717) is 19.7 Å². The SMILES string of the molecule is CCCO[C@H]1CCCN(C[C@](C)(O)C(F)(F)F)CC1. The summed E-state index contributed by atoms with van der Waals surface area (Å²) in [4.78, 5) is 1.68. The van der Waals surface area contributed by atoms with Crippen molar-refractivity contribution >= 4 is 0 Å². The highest BCUT2D eigenvalue weighted by atomic mass is 19.4. The van der Waals surface area contributed by atoms with Gasteiger partial charge >= 0.3 is 6.18 Å². The lowest BCUT2D eigenvalue weighted by Gasteiger charge is -2.32. The van der Waals surface area contributed by atoms with Gasteiger partial charge in [0.05, 0.1) is 6.10 Å². The largest absolute Gasteiger partial charge is 0.418 e. The Morgan fingerprint density at radius 1 is 1.26 bits per heavy atom. The molecule has 0 aromatic rings. The Morgan fingerprint density at radius 3 is 2.53 bits per heavy atom. The third-order valence-corrected chi connectivity index (χ3v) is 3.47. The molecule has 1 fully saturated rings. The van der Waals surface area contributed by atoms with Crippen LogP contribution in [0, 0.1) is 0 Å². The number of hydrogen-bond acceptors (Lipinski definition) is 3. The van der Waals surface area contributed by atoms with Crippen molar-refractivity contribution in [3.8, 4) is 0 Å². The number of ether oxygens (including phenoxy) is 1. The maximum absolute atomic E-state index is 12.6. The quantitative estimate of drug-likeness (QED) is 0.842. The molecule has 0 bridgehead atoms. The average molecular weight is 283 g/mol. The van der Waals surface area contributed by atoms with Crippen LogP contribution in [0.1, 0.15) is 39.5 Å². The second-order valence-electron chi connectivity index (χ2n) is 5.47. The number of β-amino-alcohol motifs (C(OH)–C–C–N with tert-alkyl or cyclic N) is 1. The van der Waals surface area contributed by atoms with E-state index in [1.54, 1.807) is 4.90 Å². The van der Waals surface area contributed by atoms with Crippen molar-refractivity contribution in [1.82, 2.24) is 4.90 Å². The van der Waals surface area contributed by atoms with E-state index in [2.05, 4.69) is 0 Å². The predicted octanol–water partition coefficient (Wildman–Crippen LogP) is 2.58. The van der Waals surface area contributed by atoms with E-state index in [0.717, 1.165) is 32.6 Å². The van der Waals surface area contributed by atoms with Crippen molar-refractivity contribution in [2.45, 2.75) is 57.4 Å². The van der Waals surface area contributed by atoms with Gasteiger partial charge in [0.1, 0.15) is 0 Å². The summed E-state index contributed by atoms with van der Waals surface area (Å²) in [6, 6.07) is 0. The first kappa shape index (κ1) is 16.7. The van der Waals surface area contributed by atoms with Gasteiger partial charge in [-0.2, -0.15) is 13.2 Å². The molecule has 3 nitrogen and oxygen atoms in total. The average Bonchev–Trinajstić information content (AvgIpc) is 2.50. The van der Waals surface area contributed by atoms with Crippen molar-refractivity contribution in [2.24, 2.45) is 0 Å². The topological polar surface area (TPSA) is 32.7 Å². The molecular formula is C13H24F3NO2. The molecule has 1 rings (SSSR count). The van der Waals surface area contributed by atoms with E-state index >= 15 is 0 Å². The summed E-state index contributed by atoms with van der Waals surface area (Å²) >= 11 is 0. The summed E-state index contributed by atoms with van der Waals surface area (Å²) in [7, 11) is 0. The van der Waals surface area contributed by atoms with Crippen LogP contribution in [0.15, 0.2) is 0 Å². The number of nitrogens with zero attached hydrogens (tertiary/aromatic N) is 1. The second-order valence-corrected chi connectivity index (χ2v) is 5.47. The smallest absolute Gasteiger partial charge is 0.380 e. The van der Waals surface area contributed by atoms with Gasteiger partial charge in [-0.1, -0.05) is 6.92 Å². The molecule has 0 aliphatic carbocycles. The lowest BCUT2D eigenvalue weighted by molar-refractivity contribution is -0.257. The molecule has 0 unspecified atom stereocenters. The fourth-order valence-corrected chi connectivity index (χ4v) is 2.26. The van der Waals surface area contributed by atoms with Crippen molar-refractivity contribution in [2.75, 3.05) is 26.2 Å². The zero-order chi connectivity index (χ0) is 14.5. The van der Waals surface area contributed by atoms with Gasteiger partial charge < -0.3 is 14.7 Å². The number of aliphatic hydroxyl groups is 1. The van der Waals surface area contributed by atoms with Gasteiger partial charge in [0.25, 0.3) is 0 Å². The highest BCUT2D eigenvalue weighted by molar-refractivity contribution is 4.86. The van der Waals surface area contributed by atoms with E-state index in [4.69, 9.17) is 4.74 Å². The van der Waals surface area contributed by atoms with Gasteiger partial charge in [-0.15, -0.1) is 0 Å². The van der Waals surface area contributed by atoms with E-state index in [1.165, 1.54) is 0 Å². The Morgan fingerprint density at radius 2 is 1.95 bits per heavy atom. The van der Waals surface area contributed by atoms with Gasteiger partial charge in [0, 0.05) is 19.7 Å². The molecule has 0 radical (unpaired) electrons. The number of likely N-dealkylation sites (tertiary alicyclic amines) is 1. The molecule has 0 saturated carbocycles. The fourth-order valence-electron chi connectivity index (χ4n) is 2.26. The minimum absolute atomic E-state index is 0.140. The standard InChI is InChI=1S/C13H24F3NO2/c1-3-9-19-11-5-4-7-17(8-6-11)10-12(2,18)13(14,15)16/h11,18H,3-10H2,1-2H3/t11-,12-/m0/s1. The van der Waals surface area contributed by atoms with Crippen LogP contribution in [-0.2, 0) is 4.74 Å². The molecule has 1 saturated heterocycles. The predicted molar refractivity (Wildman–Crippen MR) is 67.0 cm³/mol. The number of halogens is 3. The molecule has 114 valence electrons. The Bertz CT molecular complexity index is 269. The monoisotopic (exact) mass is 283 g/mol. The molecule has 6 heteroatoms. The number of hydrogen-bond donors (Lipinski definition) is 1. The first-order chi connectivity index (χ1) is 8.76. The fraction of sp³-hybridized carbons (Fsp3) is 1.00. The van der Waals surface area contributed by atoms with E-state index in [-0.39, 0.29) is 12.6 Å². The molecule has 0 spiro atoms. The van der Waals surface area contributed by atoms with Crippen molar-refractivity contribution in [1.29, 1.82) is 0 Å². The molecule has 1 aliphatic rings. The molecule has 1 aliphatic heterocycles. The summed E-state index contributed by atoms with van der Waals surface area (Å²) in [5.74, 6) is 0. The first-order valence-electron chi connectivity index (χ1n) is 6.89. The zero-order valence-electron chi connectivity index (χ0n) is 11.7. The lowest BCUT2D eigenvalue weighted by atomic mass is 10.1. The maximum Gasteiger partial charge on any atom is 0.418 e. The molecule has 0 aromatic heterocycles. The van der Waals surface area contributed by atoms with Crippen molar-refractivity contribution in [3.63, 3.8) is 0 Å². The highest BCUT2D eigenvalue weighted by Crippen LogP contribution is 2.31. The van der Waals surface area contributed by atoms with E-state index < -0.39 is 11.8 Å². The second kappa shape index (κ2) is 6.90. The van der Waals surface area contributed by atoms with Gasteiger partial charge in [0.2, 0.25) is 0 Å². The summed E-state index contributed by atoms with van der Waals surface area (Å²) in [5, 5.41) is 9.50. The van der Waals surface area contributed by atoms with Gasteiger partial charge in [0.15, 0.2) is 5.60 Å². The van der Waals surface area contributed by atoms with Gasteiger partial charge in [-0.3, -0.25) is 0 Å². The van der Waals surface area contributed by atoms with Crippen LogP contribution in [0.5, 0.6) is 0 Å².